The van der Waals surface area contributed by atoms with E-state index >= 15 is 0 Å². The molecule has 3 aromatic rings. The molecule has 1 aromatic carbocycles. The molecule has 2 unspecified atom stereocenters. The Hall–Kier alpha value is -2.96. The molecule has 186 valence electrons. The number of aliphatic hydroxyl groups excluding tert-OH is 3. The van der Waals surface area contributed by atoms with Gasteiger partial charge in [-0.25, -0.2) is 15.0 Å². The number of carbonyl (C=O) groups is 1. The maximum Gasteiger partial charge on any atom is 0.256 e. The SMILES string of the molecule is COC1(c2nc(NC(=O)c3ccccc3)c3ncn([C@@H]4O[C@H](CO)C(O)C4O)c3n2)CCCCC1. The maximum absolute atomic E-state index is 13.0. The molecule has 1 saturated carbocycles. The largest absolute Gasteiger partial charge is 0.394 e. The molecular formula is C24H29N5O6. The van der Waals surface area contributed by atoms with Crippen molar-refractivity contribution in [1.29, 1.82) is 0 Å². The zero-order chi connectivity index (χ0) is 24.6. The average Bonchev–Trinajstić information content (AvgIpc) is 3.45. The molecule has 35 heavy (non-hydrogen) atoms. The number of rotatable bonds is 6. The Morgan fingerprint density at radius 3 is 2.57 bits per heavy atom. The van der Waals surface area contributed by atoms with E-state index in [4.69, 9.17) is 19.4 Å². The number of aromatic nitrogens is 4. The molecular weight excluding hydrogens is 454 g/mol. The van der Waals surface area contributed by atoms with Crippen LogP contribution in [-0.2, 0) is 15.1 Å². The van der Waals surface area contributed by atoms with Crippen molar-refractivity contribution in [2.75, 3.05) is 19.0 Å². The molecule has 2 aliphatic rings. The second kappa shape index (κ2) is 9.59. The van der Waals surface area contributed by atoms with Crippen molar-refractivity contribution in [3.63, 3.8) is 0 Å². The smallest absolute Gasteiger partial charge is 0.256 e. The first-order valence-corrected chi connectivity index (χ1v) is 11.8. The van der Waals surface area contributed by atoms with E-state index in [0.29, 0.717) is 22.6 Å². The van der Waals surface area contributed by atoms with Gasteiger partial charge in [-0.05, 0) is 25.0 Å². The number of anilines is 1. The third-order valence-electron chi connectivity index (χ3n) is 6.94. The molecule has 1 saturated heterocycles. The van der Waals surface area contributed by atoms with E-state index in [1.165, 1.54) is 10.9 Å². The molecule has 3 heterocycles. The summed E-state index contributed by atoms with van der Waals surface area (Å²) < 4.78 is 13.2. The van der Waals surface area contributed by atoms with Crippen LogP contribution in [0, 0.1) is 0 Å². The average molecular weight is 484 g/mol. The molecule has 4 N–H and O–H groups in total. The van der Waals surface area contributed by atoms with E-state index in [1.807, 2.05) is 6.07 Å². The summed E-state index contributed by atoms with van der Waals surface area (Å²) in [5, 5.41) is 33.2. The minimum Gasteiger partial charge on any atom is -0.394 e. The molecule has 4 atom stereocenters. The van der Waals surface area contributed by atoms with Gasteiger partial charge in [0.1, 0.15) is 23.9 Å². The summed E-state index contributed by atoms with van der Waals surface area (Å²) in [6, 6.07) is 8.77. The molecule has 0 radical (unpaired) electrons. The van der Waals surface area contributed by atoms with Gasteiger partial charge in [-0.15, -0.1) is 0 Å². The van der Waals surface area contributed by atoms with E-state index in [9.17, 15) is 20.1 Å². The Balaban J connectivity index is 1.62. The van der Waals surface area contributed by atoms with Crippen LogP contribution in [0.3, 0.4) is 0 Å². The van der Waals surface area contributed by atoms with E-state index < -0.39 is 36.7 Å². The molecule has 2 fully saturated rings. The van der Waals surface area contributed by atoms with Crippen LogP contribution in [0.1, 0.15) is 54.5 Å². The lowest BCUT2D eigenvalue weighted by Crippen LogP contribution is -2.34. The van der Waals surface area contributed by atoms with Gasteiger partial charge in [-0.1, -0.05) is 37.5 Å². The number of methoxy groups -OCH3 is 1. The number of nitrogens with zero attached hydrogens (tertiary/aromatic N) is 4. The minimum atomic E-state index is -1.31. The summed E-state index contributed by atoms with van der Waals surface area (Å²) >= 11 is 0. The number of hydrogen-bond acceptors (Lipinski definition) is 9. The first-order chi connectivity index (χ1) is 17.0. The first-order valence-electron chi connectivity index (χ1n) is 11.8. The van der Waals surface area contributed by atoms with Gasteiger partial charge < -0.3 is 30.1 Å². The molecule has 1 aliphatic carbocycles. The zero-order valence-electron chi connectivity index (χ0n) is 19.4. The fourth-order valence-electron chi connectivity index (χ4n) is 4.91. The highest BCUT2D eigenvalue weighted by atomic mass is 16.6. The topological polar surface area (TPSA) is 152 Å². The molecule has 1 aliphatic heterocycles. The van der Waals surface area contributed by atoms with Crippen molar-refractivity contribution in [2.24, 2.45) is 0 Å². The summed E-state index contributed by atoms with van der Waals surface area (Å²) in [7, 11) is 1.63. The quantitative estimate of drug-likeness (QED) is 0.409. The third kappa shape index (κ3) is 4.19. The number of carbonyl (C=O) groups excluding carboxylic acids is 1. The van der Waals surface area contributed by atoms with E-state index in [2.05, 4.69) is 10.3 Å². The van der Waals surface area contributed by atoms with Crippen molar-refractivity contribution in [3.8, 4) is 0 Å². The van der Waals surface area contributed by atoms with Crippen LogP contribution in [0.25, 0.3) is 11.2 Å². The van der Waals surface area contributed by atoms with Crippen LogP contribution < -0.4 is 5.32 Å². The number of ether oxygens (including phenoxy) is 2. The number of benzene rings is 1. The van der Waals surface area contributed by atoms with E-state index in [0.717, 1.165) is 32.1 Å². The van der Waals surface area contributed by atoms with Gasteiger partial charge in [0.15, 0.2) is 29.0 Å². The molecule has 11 nitrogen and oxygen atoms in total. The first kappa shape index (κ1) is 23.8. The van der Waals surface area contributed by atoms with Crippen LogP contribution in [0.2, 0.25) is 0 Å². The lowest BCUT2D eigenvalue weighted by atomic mass is 9.84. The van der Waals surface area contributed by atoms with Gasteiger partial charge in [-0.3, -0.25) is 9.36 Å². The van der Waals surface area contributed by atoms with Crippen molar-refractivity contribution < 1.29 is 29.6 Å². The number of hydrogen-bond donors (Lipinski definition) is 4. The monoisotopic (exact) mass is 483 g/mol. The van der Waals surface area contributed by atoms with Crippen molar-refractivity contribution in [1.82, 2.24) is 19.5 Å². The fraction of sp³-hybridized carbons (Fsp3) is 0.500. The molecule has 1 amide bonds. The Morgan fingerprint density at radius 1 is 1.17 bits per heavy atom. The van der Waals surface area contributed by atoms with Crippen LogP contribution in [-0.4, -0.2) is 72.8 Å². The molecule has 0 bridgehead atoms. The molecule has 0 spiro atoms. The van der Waals surface area contributed by atoms with Crippen LogP contribution in [0.5, 0.6) is 0 Å². The summed E-state index contributed by atoms with van der Waals surface area (Å²) in [5.41, 5.74) is 0.353. The minimum absolute atomic E-state index is 0.214. The maximum atomic E-state index is 13.0. The van der Waals surface area contributed by atoms with E-state index in [1.54, 1.807) is 31.4 Å². The van der Waals surface area contributed by atoms with Crippen molar-refractivity contribution in [2.45, 2.75) is 62.2 Å². The van der Waals surface area contributed by atoms with Gasteiger partial charge in [0.25, 0.3) is 5.91 Å². The Morgan fingerprint density at radius 2 is 1.91 bits per heavy atom. The number of amides is 1. The number of fused-ring (bicyclic) bond motifs is 1. The second-order valence-electron chi connectivity index (χ2n) is 9.03. The highest BCUT2D eigenvalue weighted by molar-refractivity contribution is 6.06. The molecule has 2 aromatic heterocycles. The standard InChI is InChI=1S/C24H29N5O6/c1-34-24(10-6-3-7-11-24)23-27-19(26-21(33)14-8-4-2-5-9-14)16-20(28-23)29(13-25-16)22-18(32)17(31)15(12-30)35-22/h2,4-5,8-9,13,15,17-18,22,30-32H,3,6-7,10-12H2,1H3,(H,26,27,28,33)/t15-,17?,18?,22-/m1/s1. The van der Waals surface area contributed by atoms with Crippen molar-refractivity contribution in [3.05, 3.63) is 48.0 Å². The van der Waals surface area contributed by atoms with Crippen molar-refractivity contribution >= 4 is 22.9 Å². The Bertz CT molecular complexity index is 1200. The Labute approximate surface area is 201 Å². The number of aliphatic hydroxyl groups is 3. The zero-order valence-corrected chi connectivity index (χ0v) is 19.4. The van der Waals surface area contributed by atoms with E-state index in [-0.39, 0.29) is 11.7 Å². The van der Waals surface area contributed by atoms with Crippen LogP contribution in [0.15, 0.2) is 36.7 Å². The van der Waals surface area contributed by atoms with Gasteiger partial charge >= 0.3 is 0 Å². The predicted octanol–water partition coefficient (Wildman–Crippen LogP) is 1.50. The predicted molar refractivity (Wildman–Crippen MR) is 124 cm³/mol. The Kier molecular flexibility index (Phi) is 6.51. The normalized spacial score (nSPS) is 26.2. The van der Waals surface area contributed by atoms with Gasteiger partial charge in [-0.2, -0.15) is 0 Å². The second-order valence-corrected chi connectivity index (χ2v) is 9.03. The van der Waals surface area contributed by atoms with Crippen LogP contribution in [0.4, 0.5) is 5.82 Å². The fourth-order valence-corrected chi connectivity index (χ4v) is 4.91. The summed E-state index contributed by atoms with van der Waals surface area (Å²) in [4.78, 5) is 26.9. The van der Waals surface area contributed by atoms with Gasteiger partial charge in [0, 0.05) is 12.7 Å². The third-order valence-corrected chi connectivity index (χ3v) is 6.94. The highest BCUT2D eigenvalue weighted by Gasteiger charge is 2.44. The van der Waals surface area contributed by atoms with Crippen LogP contribution >= 0.6 is 0 Å². The lowest BCUT2D eigenvalue weighted by molar-refractivity contribution is -0.0535. The summed E-state index contributed by atoms with van der Waals surface area (Å²) in [6.07, 6.45) is 1.30. The number of imidazole rings is 1. The van der Waals surface area contributed by atoms with Gasteiger partial charge in [0.2, 0.25) is 0 Å². The summed E-state index contributed by atoms with van der Waals surface area (Å²) in [6.45, 7) is -0.452. The highest BCUT2D eigenvalue weighted by Crippen LogP contribution is 2.40. The summed E-state index contributed by atoms with van der Waals surface area (Å²) in [5.74, 6) is 0.268. The lowest BCUT2D eigenvalue weighted by Gasteiger charge is -2.34. The molecule has 11 heteroatoms. The molecule has 5 rings (SSSR count). The van der Waals surface area contributed by atoms with Gasteiger partial charge in [0.05, 0.1) is 12.9 Å². The number of nitrogens with one attached hydrogen (secondary N) is 1.